The Bertz CT molecular complexity index is 458. The summed E-state index contributed by atoms with van der Waals surface area (Å²) in [6.45, 7) is 6.10. The summed E-state index contributed by atoms with van der Waals surface area (Å²) in [5.41, 5.74) is 1.13. The van der Waals surface area contributed by atoms with Crippen LogP contribution in [0.25, 0.3) is 0 Å². The van der Waals surface area contributed by atoms with E-state index >= 15 is 0 Å². The van der Waals surface area contributed by atoms with E-state index < -0.39 is 0 Å². The van der Waals surface area contributed by atoms with Crippen LogP contribution in [-0.2, 0) is 11.3 Å². The van der Waals surface area contributed by atoms with Crippen LogP contribution in [-0.4, -0.2) is 29.9 Å². The average Bonchev–Trinajstić information content (AvgIpc) is 2.79. The van der Waals surface area contributed by atoms with Crippen LogP contribution < -0.4 is 5.32 Å². The topological polar surface area (TPSA) is 32.3 Å². The molecule has 1 saturated heterocycles. The number of rotatable bonds is 7. The zero-order chi connectivity index (χ0) is 14.4. The van der Waals surface area contributed by atoms with Gasteiger partial charge in [0.05, 0.1) is 0 Å². The summed E-state index contributed by atoms with van der Waals surface area (Å²) in [7, 11) is 0. The van der Waals surface area contributed by atoms with Crippen molar-refractivity contribution in [2.45, 2.75) is 31.8 Å². The lowest BCUT2D eigenvalue weighted by Crippen LogP contribution is -2.34. The van der Waals surface area contributed by atoms with Gasteiger partial charge in [-0.1, -0.05) is 29.8 Å². The van der Waals surface area contributed by atoms with Gasteiger partial charge in [0, 0.05) is 30.6 Å². The summed E-state index contributed by atoms with van der Waals surface area (Å²) >= 11 is 5.89. The Kier molecular flexibility index (Phi) is 5.62. The normalized spacial score (nSPS) is 18.6. The van der Waals surface area contributed by atoms with Crippen LogP contribution in [0.3, 0.4) is 0 Å². The highest BCUT2D eigenvalue weighted by Gasteiger charge is 2.30. The monoisotopic (exact) mass is 292 g/mol. The minimum atomic E-state index is 0.258. The number of benzene rings is 1. The molecular formula is C16H21ClN2O. The Labute approximate surface area is 125 Å². The standard InChI is InChI=1S/C16H21ClN2O/c1-2-10-18-11-9-15-7-8-16(20)19(15)12-13-3-5-14(17)6-4-13/h2-6,15,18H,1,7-12H2/t15-/m1/s1. The van der Waals surface area contributed by atoms with Crippen LogP contribution in [0.1, 0.15) is 24.8 Å². The summed E-state index contributed by atoms with van der Waals surface area (Å²) in [4.78, 5) is 14.0. The van der Waals surface area contributed by atoms with E-state index in [1.807, 2.05) is 35.2 Å². The molecule has 20 heavy (non-hydrogen) atoms. The largest absolute Gasteiger partial charge is 0.335 e. The Hall–Kier alpha value is -1.32. The van der Waals surface area contributed by atoms with Gasteiger partial charge in [-0.3, -0.25) is 4.79 Å². The van der Waals surface area contributed by atoms with Crippen molar-refractivity contribution < 1.29 is 4.79 Å². The molecule has 1 aliphatic heterocycles. The fourth-order valence-electron chi connectivity index (χ4n) is 2.57. The van der Waals surface area contributed by atoms with Gasteiger partial charge < -0.3 is 10.2 Å². The number of amides is 1. The van der Waals surface area contributed by atoms with Gasteiger partial charge in [0.25, 0.3) is 0 Å². The maximum Gasteiger partial charge on any atom is 0.223 e. The minimum absolute atomic E-state index is 0.258. The van der Waals surface area contributed by atoms with E-state index in [9.17, 15) is 4.79 Å². The van der Waals surface area contributed by atoms with E-state index in [0.717, 1.165) is 36.5 Å². The predicted octanol–water partition coefficient (Wildman–Crippen LogP) is 3.00. The van der Waals surface area contributed by atoms with Gasteiger partial charge in [-0.15, -0.1) is 6.58 Å². The molecule has 1 heterocycles. The second kappa shape index (κ2) is 7.46. The molecule has 0 radical (unpaired) electrons. The summed E-state index contributed by atoms with van der Waals surface area (Å²) in [6, 6.07) is 8.06. The zero-order valence-electron chi connectivity index (χ0n) is 11.6. The smallest absolute Gasteiger partial charge is 0.223 e. The number of nitrogens with zero attached hydrogens (tertiary/aromatic N) is 1. The molecule has 1 fully saturated rings. The first kappa shape index (κ1) is 15.1. The van der Waals surface area contributed by atoms with Crippen molar-refractivity contribution >= 4 is 17.5 Å². The van der Waals surface area contributed by atoms with E-state index in [0.29, 0.717) is 19.0 Å². The van der Waals surface area contributed by atoms with Crippen molar-refractivity contribution in [3.63, 3.8) is 0 Å². The van der Waals surface area contributed by atoms with Crippen LogP contribution in [0, 0.1) is 0 Å². The molecule has 1 aromatic rings. The van der Waals surface area contributed by atoms with E-state index in [4.69, 9.17) is 11.6 Å². The second-order valence-electron chi connectivity index (χ2n) is 5.12. The lowest BCUT2D eigenvalue weighted by Gasteiger charge is -2.25. The third kappa shape index (κ3) is 4.09. The van der Waals surface area contributed by atoms with Crippen LogP contribution in [0.2, 0.25) is 5.02 Å². The highest BCUT2D eigenvalue weighted by molar-refractivity contribution is 6.30. The molecule has 0 saturated carbocycles. The molecule has 0 spiro atoms. The quantitative estimate of drug-likeness (QED) is 0.619. The van der Waals surface area contributed by atoms with Crippen molar-refractivity contribution in [3.8, 4) is 0 Å². The first-order valence-corrected chi connectivity index (χ1v) is 7.44. The van der Waals surface area contributed by atoms with E-state index in [2.05, 4.69) is 11.9 Å². The SMILES string of the molecule is C=CCNCC[C@H]1CCC(=O)N1Cc1ccc(Cl)cc1. The molecule has 3 nitrogen and oxygen atoms in total. The molecule has 1 aliphatic rings. The fourth-order valence-corrected chi connectivity index (χ4v) is 2.70. The minimum Gasteiger partial charge on any atom is -0.335 e. The number of hydrogen-bond donors (Lipinski definition) is 1. The molecule has 108 valence electrons. The molecule has 1 atom stereocenters. The van der Waals surface area contributed by atoms with Gasteiger partial charge in [0.15, 0.2) is 0 Å². The molecule has 1 N–H and O–H groups in total. The Morgan fingerprint density at radius 1 is 1.40 bits per heavy atom. The van der Waals surface area contributed by atoms with Crippen molar-refractivity contribution in [2.75, 3.05) is 13.1 Å². The number of hydrogen-bond acceptors (Lipinski definition) is 2. The van der Waals surface area contributed by atoms with Crippen LogP contribution in [0.4, 0.5) is 0 Å². The van der Waals surface area contributed by atoms with Gasteiger partial charge >= 0.3 is 0 Å². The maximum atomic E-state index is 12.0. The lowest BCUT2D eigenvalue weighted by atomic mass is 10.1. The van der Waals surface area contributed by atoms with Gasteiger partial charge in [-0.2, -0.15) is 0 Å². The number of halogens is 1. The van der Waals surface area contributed by atoms with Crippen molar-refractivity contribution in [1.82, 2.24) is 10.2 Å². The second-order valence-corrected chi connectivity index (χ2v) is 5.56. The molecule has 4 heteroatoms. The Morgan fingerprint density at radius 3 is 2.85 bits per heavy atom. The highest BCUT2D eigenvalue weighted by atomic mass is 35.5. The van der Waals surface area contributed by atoms with E-state index in [1.54, 1.807) is 0 Å². The lowest BCUT2D eigenvalue weighted by molar-refractivity contribution is -0.129. The summed E-state index contributed by atoms with van der Waals surface area (Å²) in [5, 5.41) is 4.02. The Morgan fingerprint density at radius 2 is 2.15 bits per heavy atom. The molecule has 1 aromatic carbocycles. The van der Waals surface area contributed by atoms with Crippen LogP contribution >= 0.6 is 11.6 Å². The third-order valence-electron chi connectivity index (χ3n) is 3.66. The molecular weight excluding hydrogens is 272 g/mol. The number of carbonyl (C=O) groups is 1. The van der Waals surface area contributed by atoms with Crippen LogP contribution in [0.15, 0.2) is 36.9 Å². The van der Waals surface area contributed by atoms with Gasteiger partial charge in [-0.25, -0.2) is 0 Å². The predicted molar refractivity (Wildman–Crippen MR) is 82.7 cm³/mol. The van der Waals surface area contributed by atoms with E-state index in [1.165, 1.54) is 0 Å². The number of nitrogens with one attached hydrogen (secondary N) is 1. The molecule has 0 bridgehead atoms. The number of likely N-dealkylation sites (tertiary alicyclic amines) is 1. The van der Waals surface area contributed by atoms with Crippen molar-refractivity contribution in [3.05, 3.63) is 47.5 Å². The van der Waals surface area contributed by atoms with Crippen molar-refractivity contribution in [2.24, 2.45) is 0 Å². The third-order valence-corrected chi connectivity index (χ3v) is 3.91. The first-order chi connectivity index (χ1) is 9.70. The Balaban J connectivity index is 1.90. The average molecular weight is 293 g/mol. The summed E-state index contributed by atoms with van der Waals surface area (Å²) in [6.07, 6.45) is 4.47. The molecule has 1 amide bonds. The number of carbonyl (C=O) groups excluding carboxylic acids is 1. The first-order valence-electron chi connectivity index (χ1n) is 7.06. The van der Waals surface area contributed by atoms with Gasteiger partial charge in [0.1, 0.15) is 0 Å². The van der Waals surface area contributed by atoms with Gasteiger partial charge in [-0.05, 0) is 37.1 Å². The molecule has 2 rings (SSSR count). The van der Waals surface area contributed by atoms with Crippen LogP contribution in [0.5, 0.6) is 0 Å². The summed E-state index contributed by atoms with van der Waals surface area (Å²) < 4.78 is 0. The molecule has 0 aliphatic carbocycles. The summed E-state index contributed by atoms with van der Waals surface area (Å²) in [5.74, 6) is 0.258. The van der Waals surface area contributed by atoms with E-state index in [-0.39, 0.29) is 5.91 Å². The molecule has 0 aromatic heterocycles. The fraction of sp³-hybridized carbons (Fsp3) is 0.438. The van der Waals surface area contributed by atoms with Crippen molar-refractivity contribution in [1.29, 1.82) is 0 Å². The zero-order valence-corrected chi connectivity index (χ0v) is 12.4. The van der Waals surface area contributed by atoms with Gasteiger partial charge in [0.2, 0.25) is 5.91 Å². The maximum absolute atomic E-state index is 12.0. The highest BCUT2D eigenvalue weighted by Crippen LogP contribution is 2.24. The molecule has 0 unspecified atom stereocenters.